The molecule has 0 aliphatic rings. The van der Waals surface area contributed by atoms with Crippen molar-refractivity contribution in [1.82, 2.24) is 4.98 Å². The molecule has 0 saturated heterocycles. The van der Waals surface area contributed by atoms with Gasteiger partial charge in [-0.2, -0.15) is 0 Å². The van der Waals surface area contributed by atoms with Crippen molar-refractivity contribution >= 4 is 10.9 Å². The minimum atomic E-state index is -0.0764. The number of nitrogens with zero attached hydrogens (tertiary/aromatic N) is 1. The van der Waals surface area contributed by atoms with Crippen molar-refractivity contribution in [3.05, 3.63) is 66.9 Å². The van der Waals surface area contributed by atoms with Crippen molar-refractivity contribution < 1.29 is 10.2 Å². The highest BCUT2D eigenvalue weighted by Gasteiger charge is 1.90. The Labute approximate surface area is 105 Å². The van der Waals surface area contributed by atoms with Crippen molar-refractivity contribution in [2.24, 2.45) is 0 Å². The number of para-hydroxylation sites is 3. The molecule has 0 bridgehead atoms. The van der Waals surface area contributed by atoms with Crippen LogP contribution in [0.25, 0.3) is 10.9 Å². The number of pyridine rings is 1. The number of rotatable bonds is 0. The first-order chi connectivity index (χ1) is 8.77. The van der Waals surface area contributed by atoms with E-state index in [1.807, 2.05) is 30.5 Å². The van der Waals surface area contributed by atoms with Crippen molar-refractivity contribution in [3.8, 4) is 11.5 Å². The Morgan fingerprint density at radius 2 is 1.22 bits per heavy atom. The molecular weight excluding hydrogens is 226 g/mol. The van der Waals surface area contributed by atoms with Crippen LogP contribution < -0.4 is 0 Å². The van der Waals surface area contributed by atoms with E-state index in [9.17, 15) is 0 Å². The third-order valence-electron chi connectivity index (χ3n) is 2.39. The van der Waals surface area contributed by atoms with Crippen LogP contribution in [-0.2, 0) is 0 Å². The van der Waals surface area contributed by atoms with Gasteiger partial charge in [0.15, 0.2) is 11.5 Å². The third-order valence-corrected chi connectivity index (χ3v) is 2.39. The second-order valence-corrected chi connectivity index (χ2v) is 3.68. The number of hydrogen-bond donors (Lipinski definition) is 2. The van der Waals surface area contributed by atoms with Gasteiger partial charge in [-0.15, -0.1) is 0 Å². The zero-order chi connectivity index (χ0) is 12.8. The largest absolute Gasteiger partial charge is 0.504 e. The Balaban J connectivity index is 0.000000138. The molecule has 0 aliphatic carbocycles. The van der Waals surface area contributed by atoms with Crippen LogP contribution in [-0.4, -0.2) is 15.2 Å². The van der Waals surface area contributed by atoms with Crippen LogP contribution in [0.2, 0.25) is 0 Å². The van der Waals surface area contributed by atoms with E-state index in [0.717, 1.165) is 5.52 Å². The van der Waals surface area contributed by atoms with E-state index in [1.54, 1.807) is 12.1 Å². The molecule has 1 heterocycles. The van der Waals surface area contributed by atoms with Gasteiger partial charge in [0, 0.05) is 11.6 Å². The maximum absolute atomic E-state index is 8.67. The van der Waals surface area contributed by atoms with Crippen molar-refractivity contribution in [1.29, 1.82) is 0 Å². The van der Waals surface area contributed by atoms with E-state index >= 15 is 0 Å². The second-order valence-electron chi connectivity index (χ2n) is 3.68. The summed E-state index contributed by atoms with van der Waals surface area (Å²) in [4.78, 5) is 4.18. The molecule has 18 heavy (non-hydrogen) atoms. The molecule has 0 fully saturated rings. The van der Waals surface area contributed by atoms with Crippen molar-refractivity contribution in [3.63, 3.8) is 0 Å². The highest BCUT2D eigenvalue weighted by Crippen LogP contribution is 2.21. The molecule has 2 aromatic carbocycles. The number of aromatic nitrogens is 1. The molecule has 3 rings (SSSR count). The Hall–Kier alpha value is -2.55. The summed E-state index contributed by atoms with van der Waals surface area (Å²) in [5.74, 6) is -0.153. The van der Waals surface area contributed by atoms with E-state index in [2.05, 4.69) is 17.1 Å². The molecule has 3 heteroatoms. The number of aromatic hydroxyl groups is 2. The highest BCUT2D eigenvalue weighted by molar-refractivity contribution is 5.77. The molecule has 3 nitrogen and oxygen atoms in total. The molecule has 3 aromatic rings. The standard InChI is InChI=1S/C9H7N.C6H6O2/c1-2-6-9-8(4-1)5-3-7-10-9;7-5-3-1-2-4-6(5)8/h1-7H;1-4,7-8H. The summed E-state index contributed by atoms with van der Waals surface area (Å²) >= 11 is 0. The summed E-state index contributed by atoms with van der Waals surface area (Å²) in [6, 6.07) is 18.2. The van der Waals surface area contributed by atoms with Crippen molar-refractivity contribution in [2.45, 2.75) is 0 Å². The van der Waals surface area contributed by atoms with Gasteiger partial charge in [0.2, 0.25) is 0 Å². The summed E-state index contributed by atoms with van der Waals surface area (Å²) < 4.78 is 0. The fourth-order valence-electron chi connectivity index (χ4n) is 1.48. The molecule has 0 atom stereocenters. The van der Waals surface area contributed by atoms with E-state index < -0.39 is 0 Å². The first-order valence-electron chi connectivity index (χ1n) is 5.54. The van der Waals surface area contributed by atoms with Gasteiger partial charge in [-0.25, -0.2) is 0 Å². The van der Waals surface area contributed by atoms with Crippen LogP contribution in [0.5, 0.6) is 11.5 Å². The smallest absolute Gasteiger partial charge is 0.157 e. The molecule has 0 radical (unpaired) electrons. The first kappa shape index (κ1) is 11.9. The third kappa shape index (κ3) is 2.98. The van der Waals surface area contributed by atoms with Crippen LogP contribution in [0.1, 0.15) is 0 Å². The molecule has 90 valence electrons. The normalized spacial score (nSPS) is 9.56. The maximum atomic E-state index is 8.67. The van der Waals surface area contributed by atoms with Gasteiger partial charge in [0.1, 0.15) is 0 Å². The van der Waals surface area contributed by atoms with Gasteiger partial charge in [0.05, 0.1) is 5.52 Å². The molecule has 0 spiro atoms. The second kappa shape index (κ2) is 5.68. The summed E-state index contributed by atoms with van der Waals surface area (Å²) in [6.45, 7) is 0. The zero-order valence-corrected chi connectivity index (χ0v) is 9.69. The van der Waals surface area contributed by atoms with E-state index in [-0.39, 0.29) is 11.5 Å². The summed E-state index contributed by atoms with van der Waals surface area (Å²) in [5, 5.41) is 18.5. The number of fused-ring (bicyclic) bond motifs is 1. The summed E-state index contributed by atoms with van der Waals surface area (Å²) in [5.41, 5.74) is 1.06. The lowest BCUT2D eigenvalue weighted by molar-refractivity contribution is 0.404. The Bertz CT molecular complexity index is 551. The average Bonchev–Trinajstić information content (AvgIpc) is 2.43. The predicted molar refractivity (Wildman–Crippen MR) is 71.5 cm³/mol. The van der Waals surface area contributed by atoms with Gasteiger partial charge in [-0.05, 0) is 24.3 Å². The van der Waals surface area contributed by atoms with Crippen LogP contribution in [0.3, 0.4) is 0 Å². The number of hydrogen-bond acceptors (Lipinski definition) is 3. The van der Waals surface area contributed by atoms with Crippen LogP contribution >= 0.6 is 0 Å². The average molecular weight is 239 g/mol. The molecule has 0 aliphatic heterocycles. The summed E-state index contributed by atoms with van der Waals surface area (Å²) in [7, 11) is 0. The van der Waals surface area contributed by atoms with Gasteiger partial charge in [-0.3, -0.25) is 4.98 Å². The van der Waals surface area contributed by atoms with E-state index in [4.69, 9.17) is 10.2 Å². The van der Waals surface area contributed by atoms with Crippen molar-refractivity contribution in [2.75, 3.05) is 0 Å². The molecule has 0 saturated carbocycles. The van der Waals surface area contributed by atoms with Crippen LogP contribution in [0, 0.1) is 0 Å². The molecule has 2 N–H and O–H groups in total. The lowest BCUT2D eigenvalue weighted by Crippen LogP contribution is -1.73. The summed E-state index contributed by atoms with van der Waals surface area (Å²) in [6.07, 6.45) is 1.81. The van der Waals surface area contributed by atoms with Gasteiger partial charge in [-0.1, -0.05) is 36.4 Å². The fourth-order valence-corrected chi connectivity index (χ4v) is 1.48. The number of phenolic OH excluding ortho intramolecular Hbond substituents is 2. The SMILES string of the molecule is Oc1ccccc1O.c1ccc2ncccc2c1. The molecule has 1 aromatic heterocycles. The number of phenols is 2. The van der Waals surface area contributed by atoms with Gasteiger partial charge < -0.3 is 10.2 Å². The topological polar surface area (TPSA) is 53.4 Å². The quantitative estimate of drug-likeness (QED) is 0.591. The Kier molecular flexibility index (Phi) is 3.76. The fraction of sp³-hybridized carbons (Fsp3) is 0. The first-order valence-corrected chi connectivity index (χ1v) is 5.54. The molecular formula is C15H13NO2. The highest BCUT2D eigenvalue weighted by atomic mass is 16.3. The number of benzene rings is 2. The van der Waals surface area contributed by atoms with Crippen LogP contribution in [0.4, 0.5) is 0 Å². The van der Waals surface area contributed by atoms with Gasteiger partial charge in [0.25, 0.3) is 0 Å². The lowest BCUT2D eigenvalue weighted by atomic mass is 10.2. The van der Waals surface area contributed by atoms with Crippen LogP contribution in [0.15, 0.2) is 66.9 Å². The van der Waals surface area contributed by atoms with E-state index in [1.165, 1.54) is 17.5 Å². The lowest BCUT2D eigenvalue weighted by Gasteiger charge is -1.91. The predicted octanol–water partition coefficient (Wildman–Crippen LogP) is 3.33. The molecule has 0 amide bonds. The maximum Gasteiger partial charge on any atom is 0.157 e. The monoisotopic (exact) mass is 239 g/mol. The Morgan fingerprint density at radius 3 is 1.83 bits per heavy atom. The van der Waals surface area contributed by atoms with E-state index in [0.29, 0.717) is 0 Å². The Morgan fingerprint density at radius 1 is 0.667 bits per heavy atom. The minimum absolute atomic E-state index is 0.0764. The van der Waals surface area contributed by atoms with Gasteiger partial charge >= 0.3 is 0 Å². The zero-order valence-electron chi connectivity index (χ0n) is 9.69. The minimum Gasteiger partial charge on any atom is -0.504 e. The molecule has 0 unspecified atom stereocenters.